The van der Waals surface area contributed by atoms with Gasteiger partial charge in [-0.1, -0.05) is 18.2 Å². The number of rotatable bonds is 4. The van der Waals surface area contributed by atoms with Crippen molar-refractivity contribution in [1.82, 2.24) is 28.7 Å². The maximum absolute atomic E-state index is 13.5. The van der Waals surface area contributed by atoms with Crippen molar-refractivity contribution in [1.29, 1.82) is 0 Å². The Morgan fingerprint density at radius 2 is 1.77 bits per heavy atom. The zero-order valence-electron chi connectivity index (χ0n) is 19.0. The quantitative estimate of drug-likeness (QED) is 0.420. The number of halogens is 1. The van der Waals surface area contributed by atoms with Crippen molar-refractivity contribution < 1.29 is 9.18 Å². The largest absolute Gasteiger partial charge is 0.364 e. The van der Waals surface area contributed by atoms with Crippen LogP contribution in [0.2, 0.25) is 0 Å². The number of imidazole rings is 2. The van der Waals surface area contributed by atoms with E-state index in [0.717, 1.165) is 28.0 Å². The number of para-hydroxylation sites is 1. The number of carbonyl (C=O) groups excluding carboxylic acids is 1. The smallest absolute Gasteiger partial charge is 0.265 e. The standard InChI is InChI=1S/C26H20FN7O/c1-15-29-24(16-7-9-18(27)10-8-16)25(32(15)2)19-11-12-22-30-23(14-33(22)31-19)34-20-6-4-3-5-17(20)13-21(34)26(28)35/h3-14H,1-2H3,(H2,28,35). The minimum Gasteiger partial charge on any atom is -0.364 e. The number of amides is 1. The minimum absolute atomic E-state index is 0.304. The number of primary amides is 1. The van der Waals surface area contributed by atoms with E-state index in [1.165, 1.54) is 12.1 Å². The highest BCUT2D eigenvalue weighted by atomic mass is 19.1. The molecule has 6 rings (SSSR count). The highest BCUT2D eigenvalue weighted by molar-refractivity contribution is 5.99. The van der Waals surface area contributed by atoms with Crippen LogP contribution in [0.25, 0.3) is 45.0 Å². The number of carbonyl (C=O) groups is 1. The molecule has 0 bridgehead atoms. The lowest BCUT2D eigenvalue weighted by Gasteiger charge is -2.07. The molecule has 4 heterocycles. The molecule has 0 aliphatic heterocycles. The van der Waals surface area contributed by atoms with Crippen LogP contribution < -0.4 is 5.73 Å². The Labute approximate surface area is 199 Å². The molecule has 8 nitrogen and oxygen atoms in total. The Bertz CT molecular complexity index is 1760. The summed E-state index contributed by atoms with van der Waals surface area (Å²) >= 11 is 0. The fourth-order valence-corrected chi connectivity index (χ4v) is 4.40. The molecule has 0 unspecified atom stereocenters. The fourth-order valence-electron chi connectivity index (χ4n) is 4.40. The molecule has 0 saturated carbocycles. The van der Waals surface area contributed by atoms with E-state index in [1.54, 1.807) is 33.5 Å². The summed E-state index contributed by atoms with van der Waals surface area (Å²) in [4.78, 5) is 21.6. The van der Waals surface area contributed by atoms with Gasteiger partial charge in [-0.3, -0.25) is 9.36 Å². The van der Waals surface area contributed by atoms with E-state index in [9.17, 15) is 9.18 Å². The van der Waals surface area contributed by atoms with Crippen molar-refractivity contribution in [2.45, 2.75) is 6.92 Å². The maximum Gasteiger partial charge on any atom is 0.265 e. The van der Waals surface area contributed by atoms with Gasteiger partial charge in [-0.2, -0.15) is 5.10 Å². The second kappa shape index (κ2) is 7.63. The molecular weight excluding hydrogens is 445 g/mol. The molecule has 0 radical (unpaired) electrons. The van der Waals surface area contributed by atoms with Crippen LogP contribution in [0.3, 0.4) is 0 Å². The van der Waals surface area contributed by atoms with E-state index >= 15 is 0 Å². The average Bonchev–Trinajstić information content (AvgIpc) is 3.52. The summed E-state index contributed by atoms with van der Waals surface area (Å²) in [6, 6.07) is 19.4. The van der Waals surface area contributed by atoms with Crippen LogP contribution in [0.15, 0.2) is 72.9 Å². The molecule has 0 aliphatic rings. The Hall–Kier alpha value is -4.79. The number of aromatic nitrogens is 6. The third kappa shape index (κ3) is 3.28. The molecule has 0 atom stereocenters. The van der Waals surface area contributed by atoms with E-state index < -0.39 is 5.91 Å². The molecule has 2 N–H and O–H groups in total. The van der Waals surface area contributed by atoms with Crippen LogP contribution in [-0.2, 0) is 7.05 Å². The van der Waals surface area contributed by atoms with Crippen molar-refractivity contribution in [2.24, 2.45) is 12.8 Å². The van der Waals surface area contributed by atoms with Gasteiger partial charge in [-0.15, -0.1) is 0 Å². The first kappa shape index (κ1) is 20.8. The first-order chi connectivity index (χ1) is 16.9. The minimum atomic E-state index is -0.541. The number of hydrogen-bond acceptors (Lipinski definition) is 4. The van der Waals surface area contributed by atoms with Gasteiger partial charge in [-0.25, -0.2) is 18.9 Å². The average molecular weight is 465 g/mol. The summed E-state index contributed by atoms with van der Waals surface area (Å²) < 4.78 is 18.9. The van der Waals surface area contributed by atoms with Crippen LogP contribution in [0, 0.1) is 12.7 Å². The van der Waals surface area contributed by atoms with Crippen molar-refractivity contribution in [2.75, 3.05) is 0 Å². The van der Waals surface area contributed by atoms with E-state index in [1.807, 2.05) is 54.9 Å². The molecule has 0 aliphatic carbocycles. The van der Waals surface area contributed by atoms with Crippen LogP contribution in [0.1, 0.15) is 16.3 Å². The summed E-state index contributed by atoms with van der Waals surface area (Å²) in [7, 11) is 1.92. The van der Waals surface area contributed by atoms with Gasteiger partial charge in [-0.05, 0) is 55.5 Å². The summed E-state index contributed by atoms with van der Waals surface area (Å²) in [5.74, 6) is 0.490. The molecule has 9 heteroatoms. The van der Waals surface area contributed by atoms with Gasteiger partial charge >= 0.3 is 0 Å². The van der Waals surface area contributed by atoms with Crippen LogP contribution in [-0.4, -0.2) is 34.6 Å². The molecule has 0 fully saturated rings. The molecule has 2 aromatic carbocycles. The molecule has 4 aromatic heterocycles. The Kier molecular flexibility index (Phi) is 4.53. The number of nitrogens with two attached hydrogens (primary N) is 1. The van der Waals surface area contributed by atoms with E-state index in [0.29, 0.717) is 28.5 Å². The van der Waals surface area contributed by atoms with Crippen LogP contribution in [0.4, 0.5) is 4.39 Å². The highest BCUT2D eigenvalue weighted by Gasteiger charge is 2.20. The van der Waals surface area contributed by atoms with Gasteiger partial charge in [0, 0.05) is 18.0 Å². The predicted molar refractivity (Wildman–Crippen MR) is 131 cm³/mol. The molecule has 6 aromatic rings. The SMILES string of the molecule is Cc1nc(-c2ccc(F)cc2)c(-c2ccc3nc(-n4c(C(N)=O)cc5ccccc54)cn3n2)n1C. The van der Waals surface area contributed by atoms with Gasteiger partial charge in [0.15, 0.2) is 11.5 Å². The number of benzene rings is 2. The Balaban J connectivity index is 1.52. The molecule has 0 spiro atoms. The molecule has 35 heavy (non-hydrogen) atoms. The summed E-state index contributed by atoms with van der Waals surface area (Å²) in [6.07, 6.45) is 1.76. The monoisotopic (exact) mass is 465 g/mol. The van der Waals surface area contributed by atoms with Crippen LogP contribution in [0.5, 0.6) is 0 Å². The van der Waals surface area contributed by atoms with Crippen molar-refractivity contribution in [3.63, 3.8) is 0 Å². The van der Waals surface area contributed by atoms with Crippen molar-refractivity contribution in [3.05, 3.63) is 90.3 Å². The maximum atomic E-state index is 13.5. The van der Waals surface area contributed by atoms with E-state index in [4.69, 9.17) is 20.8 Å². The van der Waals surface area contributed by atoms with Gasteiger partial charge in [0.25, 0.3) is 5.91 Å². The lowest BCUT2D eigenvalue weighted by molar-refractivity contribution is 0.0994. The van der Waals surface area contributed by atoms with Gasteiger partial charge in [0.1, 0.15) is 23.0 Å². The Morgan fingerprint density at radius 3 is 2.54 bits per heavy atom. The summed E-state index contributed by atoms with van der Waals surface area (Å²) in [6.45, 7) is 1.91. The number of nitrogens with zero attached hydrogens (tertiary/aromatic N) is 6. The third-order valence-electron chi connectivity index (χ3n) is 6.18. The third-order valence-corrected chi connectivity index (χ3v) is 6.18. The number of hydrogen-bond donors (Lipinski definition) is 1. The van der Waals surface area contributed by atoms with E-state index in [2.05, 4.69) is 0 Å². The van der Waals surface area contributed by atoms with Gasteiger partial charge in [0.05, 0.1) is 23.1 Å². The molecule has 1 amide bonds. The van der Waals surface area contributed by atoms with Gasteiger partial charge in [0.2, 0.25) is 0 Å². The second-order valence-corrected chi connectivity index (χ2v) is 8.33. The predicted octanol–water partition coefficient (Wildman–Crippen LogP) is 4.29. The van der Waals surface area contributed by atoms with Crippen molar-refractivity contribution >= 4 is 22.5 Å². The van der Waals surface area contributed by atoms with Crippen molar-refractivity contribution in [3.8, 4) is 28.5 Å². The molecule has 0 saturated heterocycles. The zero-order valence-corrected chi connectivity index (χ0v) is 19.0. The summed E-state index contributed by atoms with van der Waals surface area (Å²) in [5.41, 5.74) is 10.4. The number of fused-ring (bicyclic) bond motifs is 2. The normalized spacial score (nSPS) is 11.5. The lowest BCUT2D eigenvalue weighted by atomic mass is 10.1. The number of aryl methyl sites for hydroxylation is 1. The topological polar surface area (TPSA) is 96.0 Å². The first-order valence-electron chi connectivity index (χ1n) is 11.0. The first-order valence-corrected chi connectivity index (χ1v) is 11.0. The van der Waals surface area contributed by atoms with E-state index in [-0.39, 0.29) is 5.82 Å². The molecular formula is C26H20FN7O. The summed E-state index contributed by atoms with van der Waals surface area (Å²) in [5, 5.41) is 5.69. The van der Waals surface area contributed by atoms with Crippen LogP contribution >= 0.6 is 0 Å². The second-order valence-electron chi connectivity index (χ2n) is 8.33. The zero-order chi connectivity index (χ0) is 24.3. The fraction of sp³-hybridized carbons (Fsp3) is 0.0769. The Morgan fingerprint density at radius 1 is 1.00 bits per heavy atom. The lowest BCUT2D eigenvalue weighted by Crippen LogP contribution is -2.16. The molecule has 172 valence electrons. The highest BCUT2D eigenvalue weighted by Crippen LogP contribution is 2.31. The van der Waals surface area contributed by atoms with Gasteiger partial charge < -0.3 is 10.3 Å².